The Bertz CT molecular complexity index is 1120. The summed E-state index contributed by atoms with van der Waals surface area (Å²) in [6.07, 6.45) is -0.957. The Morgan fingerprint density at radius 3 is 2.71 bits per heavy atom. The number of aryl methyl sites for hydroxylation is 1. The number of rotatable bonds is 3. The van der Waals surface area contributed by atoms with Gasteiger partial charge in [-0.1, -0.05) is 30.3 Å². The van der Waals surface area contributed by atoms with Crippen molar-refractivity contribution in [3.05, 3.63) is 57.5 Å². The molecule has 144 valence electrons. The van der Waals surface area contributed by atoms with Gasteiger partial charge >= 0.3 is 0 Å². The van der Waals surface area contributed by atoms with Crippen molar-refractivity contribution in [1.29, 1.82) is 0 Å². The van der Waals surface area contributed by atoms with Gasteiger partial charge in [0, 0.05) is 11.3 Å². The van der Waals surface area contributed by atoms with Gasteiger partial charge in [0.2, 0.25) is 11.9 Å². The largest absolute Gasteiger partial charge is 0.356 e. The maximum atomic E-state index is 12.8. The van der Waals surface area contributed by atoms with Crippen LogP contribution in [-0.4, -0.2) is 44.1 Å². The second-order valence-electron chi connectivity index (χ2n) is 6.51. The number of H-pyrrole nitrogens is 1. The predicted octanol–water partition coefficient (Wildman–Crippen LogP) is 0.229. The van der Waals surface area contributed by atoms with E-state index in [1.165, 1.54) is 0 Å². The molecule has 0 radical (unpaired) electrons. The zero-order chi connectivity index (χ0) is 19.8. The number of ether oxygens (including phenoxy) is 1. The van der Waals surface area contributed by atoms with Crippen molar-refractivity contribution in [3.8, 4) is 0 Å². The molecule has 0 aliphatic carbocycles. The minimum atomic E-state index is -0.957. The number of benzene rings is 1. The number of nitrogens with one attached hydrogen (secondary N) is 3. The Morgan fingerprint density at radius 2 is 1.96 bits per heavy atom. The Kier molecular flexibility index (Phi) is 4.40. The molecule has 2 atom stereocenters. The van der Waals surface area contributed by atoms with Crippen molar-refractivity contribution < 1.29 is 14.3 Å². The van der Waals surface area contributed by atoms with Crippen molar-refractivity contribution in [2.45, 2.75) is 26.0 Å². The molecule has 1 aliphatic heterocycles. The van der Waals surface area contributed by atoms with Crippen LogP contribution in [-0.2, 0) is 14.3 Å². The highest BCUT2D eigenvalue weighted by molar-refractivity contribution is 5.95. The topological polar surface area (TPSA) is 130 Å². The summed E-state index contributed by atoms with van der Waals surface area (Å²) in [7, 11) is 0. The van der Waals surface area contributed by atoms with Gasteiger partial charge in [-0.25, -0.2) is 4.98 Å². The van der Waals surface area contributed by atoms with Gasteiger partial charge in [-0.05, 0) is 19.4 Å². The fraction of sp³-hybridized carbons (Fsp3) is 0.278. The highest BCUT2D eigenvalue weighted by Crippen LogP contribution is 2.23. The number of carbonyl (C=O) groups excluding carboxylic acids is 2. The van der Waals surface area contributed by atoms with Gasteiger partial charge < -0.3 is 10.1 Å². The van der Waals surface area contributed by atoms with Crippen LogP contribution in [0.1, 0.15) is 22.9 Å². The van der Waals surface area contributed by atoms with Crippen molar-refractivity contribution in [2.75, 3.05) is 11.9 Å². The molecular formula is C18H18N6O4. The SMILES string of the molecule is Cc1nc2nc(NC(=O)[C@H]3OCC(=O)N[C@@H]3c3ccccc3)[nH]n2c(=O)c1C. The van der Waals surface area contributed by atoms with Crippen LogP contribution in [0.4, 0.5) is 5.95 Å². The lowest BCUT2D eigenvalue weighted by molar-refractivity contribution is -0.145. The number of fused-ring (bicyclic) bond motifs is 1. The summed E-state index contributed by atoms with van der Waals surface area (Å²) in [6, 6.07) is 8.43. The van der Waals surface area contributed by atoms with Gasteiger partial charge in [-0.3, -0.25) is 24.8 Å². The Hall–Kier alpha value is -3.53. The lowest BCUT2D eigenvalue weighted by Crippen LogP contribution is -2.50. The lowest BCUT2D eigenvalue weighted by atomic mass is 9.99. The fourth-order valence-electron chi connectivity index (χ4n) is 3.05. The first-order chi connectivity index (χ1) is 13.4. The molecule has 3 N–H and O–H groups in total. The molecule has 1 aliphatic rings. The minimum absolute atomic E-state index is 0.0620. The molecule has 0 unspecified atom stereocenters. The third-order valence-electron chi connectivity index (χ3n) is 4.64. The van der Waals surface area contributed by atoms with Gasteiger partial charge in [-0.2, -0.15) is 9.50 Å². The Labute approximate surface area is 158 Å². The number of hydrogen-bond acceptors (Lipinski definition) is 6. The third kappa shape index (κ3) is 3.14. The molecular weight excluding hydrogens is 364 g/mol. The number of hydrogen-bond donors (Lipinski definition) is 3. The zero-order valence-electron chi connectivity index (χ0n) is 15.2. The fourth-order valence-corrected chi connectivity index (χ4v) is 3.05. The minimum Gasteiger partial charge on any atom is -0.356 e. The third-order valence-corrected chi connectivity index (χ3v) is 4.64. The van der Waals surface area contributed by atoms with Gasteiger partial charge in [0.05, 0.1) is 6.04 Å². The Balaban J connectivity index is 1.62. The molecule has 2 amide bonds. The van der Waals surface area contributed by atoms with E-state index in [1.54, 1.807) is 26.0 Å². The highest BCUT2D eigenvalue weighted by Gasteiger charge is 2.36. The van der Waals surface area contributed by atoms with Gasteiger partial charge in [0.25, 0.3) is 17.2 Å². The van der Waals surface area contributed by atoms with Crippen LogP contribution in [0.3, 0.4) is 0 Å². The molecule has 0 spiro atoms. The monoisotopic (exact) mass is 382 g/mol. The predicted molar refractivity (Wildman–Crippen MR) is 98.8 cm³/mol. The van der Waals surface area contributed by atoms with Crippen LogP contribution in [0.15, 0.2) is 35.1 Å². The van der Waals surface area contributed by atoms with Crippen LogP contribution in [0.2, 0.25) is 0 Å². The number of aromatic amines is 1. The summed E-state index contributed by atoms with van der Waals surface area (Å²) in [5, 5.41) is 8.10. The highest BCUT2D eigenvalue weighted by atomic mass is 16.5. The summed E-state index contributed by atoms with van der Waals surface area (Å²) < 4.78 is 6.64. The number of morpholine rings is 1. The average molecular weight is 382 g/mol. The van der Waals surface area contributed by atoms with Crippen molar-refractivity contribution in [3.63, 3.8) is 0 Å². The van der Waals surface area contributed by atoms with Crippen LogP contribution < -0.4 is 16.2 Å². The molecule has 2 aromatic heterocycles. The van der Waals surface area contributed by atoms with Gasteiger partial charge in [0.1, 0.15) is 6.61 Å². The molecule has 10 nitrogen and oxygen atoms in total. The summed E-state index contributed by atoms with van der Waals surface area (Å²) in [6.45, 7) is 3.16. The molecule has 3 aromatic rings. The smallest absolute Gasteiger partial charge is 0.277 e. The number of carbonyl (C=O) groups is 2. The van der Waals surface area contributed by atoms with E-state index in [4.69, 9.17) is 4.74 Å². The van der Waals surface area contributed by atoms with Crippen LogP contribution in [0, 0.1) is 13.8 Å². The molecule has 1 aromatic carbocycles. The van der Waals surface area contributed by atoms with E-state index in [0.29, 0.717) is 11.3 Å². The zero-order valence-corrected chi connectivity index (χ0v) is 15.2. The van der Waals surface area contributed by atoms with E-state index in [0.717, 1.165) is 10.1 Å². The summed E-state index contributed by atoms with van der Waals surface area (Å²) >= 11 is 0. The Morgan fingerprint density at radius 1 is 1.21 bits per heavy atom. The van der Waals surface area contributed by atoms with Crippen molar-refractivity contribution in [2.24, 2.45) is 0 Å². The number of aromatic nitrogens is 4. The molecule has 28 heavy (non-hydrogen) atoms. The maximum Gasteiger partial charge on any atom is 0.277 e. The second kappa shape index (κ2) is 6.89. The molecule has 3 heterocycles. The first-order valence-electron chi connectivity index (χ1n) is 8.67. The van der Waals surface area contributed by atoms with E-state index >= 15 is 0 Å². The van der Waals surface area contributed by atoms with E-state index in [9.17, 15) is 14.4 Å². The van der Waals surface area contributed by atoms with E-state index in [2.05, 4.69) is 25.7 Å². The second-order valence-corrected chi connectivity index (χ2v) is 6.51. The van der Waals surface area contributed by atoms with Crippen LogP contribution >= 0.6 is 0 Å². The van der Waals surface area contributed by atoms with E-state index < -0.39 is 18.1 Å². The normalized spacial score (nSPS) is 19.4. The van der Waals surface area contributed by atoms with Crippen molar-refractivity contribution >= 4 is 23.5 Å². The molecule has 0 saturated carbocycles. The van der Waals surface area contributed by atoms with Gasteiger partial charge in [-0.15, -0.1) is 0 Å². The van der Waals surface area contributed by atoms with E-state index in [1.807, 2.05) is 18.2 Å². The summed E-state index contributed by atoms with van der Waals surface area (Å²) in [4.78, 5) is 45.2. The number of amides is 2. The molecule has 4 rings (SSSR count). The van der Waals surface area contributed by atoms with E-state index in [-0.39, 0.29) is 29.8 Å². The van der Waals surface area contributed by atoms with Crippen LogP contribution in [0.25, 0.3) is 5.78 Å². The molecule has 0 bridgehead atoms. The average Bonchev–Trinajstić information content (AvgIpc) is 3.09. The number of anilines is 1. The first kappa shape index (κ1) is 17.9. The molecule has 10 heteroatoms. The summed E-state index contributed by atoms with van der Waals surface area (Å²) in [5.41, 5.74) is 1.50. The summed E-state index contributed by atoms with van der Waals surface area (Å²) in [5.74, 6) is -0.592. The standard InChI is InChI=1S/C18H18N6O4/c1-9-10(2)19-18-22-17(23-24(18)16(9)27)21-15(26)14-13(20-12(25)8-28-14)11-6-4-3-5-7-11/h3-7,13-14H,8H2,1-2H3,(H,20,25)(H2,19,21,22,23,26)/t13-,14+/m1/s1. The van der Waals surface area contributed by atoms with Gasteiger partial charge in [0.15, 0.2) is 6.10 Å². The number of nitrogens with zero attached hydrogens (tertiary/aromatic N) is 3. The lowest BCUT2D eigenvalue weighted by Gasteiger charge is -2.31. The first-order valence-corrected chi connectivity index (χ1v) is 8.67. The maximum absolute atomic E-state index is 12.8. The van der Waals surface area contributed by atoms with Crippen LogP contribution in [0.5, 0.6) is 0 Å². The molecule has 1 saturated heterocycles. The quantitative estimate of drug-likeness (QED) is 0.594. The van der Waals surface area contributed by atoms with Crippen molar-refractivity contribution in [1.82, 2.24) is 24.9 Å². The molecule has 1 fully saturated rings.